The highest BCUT2D eigenvalue weighted by molar-refractivity contribution is 7.22. The molecule has 0 saturated heterocycles. The number of amides is 1. The quantitative estimate of drug-likeness (QED) is 0.157. The number of halogens is 4. The number of benzene rings is 3. The molecule has 4 rings (SSSR count). The molecule has 1 aromatic heterocycles. The van der Waals surface area contributed by atoms with E-state index in [1.807, 2.05) is 30.3 Å². The molecule has 1 heterocycles. The van der Waals surface area contributed by atoms with E-state index in [1.54, 1.807) is 4.90 Å². The van der Waals surface area contributed by atoms with Crippen LogP contribution in [0.3, 0.4) is 0 Å². The Balaban J connectivity index is 1.65. The number of hydrogen-bond donors (Lipinski definition) is 0. The minimum atomic E-state index is -3.02. The van der Waals surface area contributed by atoms with E-state index >= 15 is 0 Å². The summed E-state index contributed by atoms with van der Waals surface area (Å²) in [4.78, 5) is 18.3. The Hall–Kier alpha value is -2.45. The molecule has 0 unspecified atom stereocenters. The second-order valence-corrected chi connectivity index (χ2v) is 10.8. The lowest BCUT2D eigenvalue weighted by Crippen LogP contribution is -2.32. The molecule has 0 fully saturated rings. The fraction of sp³-hybridized carbons (Fsp3) is 0.345. The summed E-state index contributed by atoms with van der Waals surface area (Å²) < 4.78 is 31.2. The average Bonchev–Trinajstić information content (AvgIpc) is 3.27. The lowest BCUT2D eigenvalue weighted by atomic mass is 10.1. The van der Waals surface area contributed by atoms with Crippen LogP contribution >= 0.6 is 34.5 Å². The van der Waals surface area contributed by atoms with Crippen LogP contribution in [0.5, 0.6) is 5.75 Å². The van der Waals surface area contributed by atoms with Crippen LogP contribution in [0.4, 0.5) is 8.78 Å². The molecular formula is C29H30Cl2F2N2O2S. The molecular weight excluding hydrogens is 549 g/mol. The summed E-state index contributed by atoms with van der Waals surface area (Å²) in [6.07, 6.45) is 1.76. The summed E-state index contributed by atoms with van der Waals surface area (Å²) in [5.74, 6) is -0.355. The highest BCUT2D eigenvalue weighted by atomic mass is 35.5. The topological polar surface area (TPSA) is 32.8 Å². The largest absolute Gasteiger partial charge is 0.434 e. The molecule has 0 aliphatic carbocycles. The number of unbranched alkanes of at least 4 members (excludes halogenated alkanes) is 1. The first-order valence-electron chi connectivity index (χ1n) is 12.7. The number of carbonyl (C=O) groups is 1. The van der Waals surface area contributed by atoms with E-state index < -0.39 is 6.61 Å². The van der Waals surface area contributed by atoms with E-state index in [4.69, 9.17) is 23.2 Å². The molecule has 1 amide bonds. The van der Waals surface area contributed by atoms with Crippen LogP contribution in [0.25, 0.3) is 20.9 Å². The first-order valence-corrected chi connectivity index (χ1v) is 14.2. The Morgan fingerprint density at radius 3 is 2.39 bits per heavy atom. The van der Waals surface area contributed by atoms with E-state index in [0.29, 0.717) is 22.8 Å². The standard InChI is InChI=1S/C29H30Cl2F2N2O2S/c1-3-34(4-2)15-7-8-16-35(18-19-11-12-20-9-5-6-10-21(20)17-19)28(36)27-25(31)24-23(37-29(32)33)14-13-22(30)26(24)38-27/h5-6,9-14,17,29H,3-4,7-8,15-16,18H2,1-2H3. The maximum Gasteiger partial charge on any atom is 0.387 e. The summed E-state index contributed by atoms with van der Waals surface area (Å²) >= 11 is 14.1. The van der Waals surface area contributed by atoms with Crippen molar-refractivity contribution < 1.29 is 18.3 Å². The van der Waals surface area contributed by atoms with Gasteiger partial charge < -0.3 is 14.5 Å². The Kier molecular flexibility index (Phi) is 9.82. The zero-order valence-electron chi connectivity index (χ0n) is 21.4. The summed E-state index contributed by atoms with van der Waals surface area (Å²) in [7, 11) is 0. The molecule has 0 saturated carbocycles. The minimum Gasteiger partial charge on any atom is -0.434 e. The molecule has 0 bridgehead atoms. The molecule has 0 spiro atoms. The molecule has 0 radical (unpaired) electrons. The van der Waals surface area contributed by atoms with Crippen molar-refractivity contribution in [1.29, 1.82) is 0 Å². The zero-order chi connectivity index (χ0) is 27.2. The summed E-state index contributed by atoms with van der Waals surface area (Å²) in [5.41, 5.74) is 0.998. The first kappa shape index (κ1) is 28.6. The molecule has 4 aromatic rings. The van der Waals surface area contributed by atoms with Gasteiger partial charge >= 0.3 is 6.61 Å². The zero-order valence-corrected chi connectivity index (χ0v) is 23.7. The maximum atomic E-state index is 13.9. The van der Waals surface area contributed by atoms with E-state index in [9.17, 15) is 13.6 Å². The smallest absolute Gasteiger partial charge is 0.387 e. The van der Waals surface area contributed by atoms with Gasteiger partial charge in [-0.05, 0) is 67.0 Å². The maximum absolute atomic E-state index is 13.9. The first-order chi connectivity index (χ1) is 18.3. The van der Waals surface area contributed by atoms with Crippen molar-refractivity contribution in [3.05, 3.63) is 75.1 Å². The summed E-state index contributed by atoms with van der Waals surface area (Å²) in [6, 6.07) is 17.1. The van der Waals surface area contributed by atoms with Gasteiger partial charge in [0.1, 0.15) is 10.6 Å². The van der Waals surface area contributed by atoms with Crippen LogP contribution in [0.2, 0.25) is 10.0 Å². The highest BCUT2D eigenvalue weighted by Gasteiger charge is 2.26. The van der Waals surface area contributed by atoms with Crippen LogP contribution in [0.1, 0.15) is 41.9 Å². The lowest BCUT2D eigenvalue weighted by Gasteiger charge is -2.24. The van der Waals surface area contributed by atoms with Crippen molar-refractivity contribution in [1.82, 2.24) is 9.80 Å². The van der Waals surface area contributed by atoms with Crippen LogP contribution in [0, 0.1) is 0 Å². The van der Waals surface area contributed by atoms with Crippen molar-refractivity contribution in [2.24, 2.45) is 0 Å². The number of fused-ring (bicyclic) bond motifs is 2. The van der Waals surface area contributed by atoms with Crippen LogP contribution in [-0.2, 0) is 6.54 Å². The van der Waals surface area contributed by atoms with E-state index in [0.717, 1.165) is 60.1 Å². The van der Waals surface area contributed by atoms with Gasteiger partial charge in [-0.15, -0.1) is 11.3 Å². The lowest BCUT2D eigenvalue weighted by molar-refractivity contribution is -0.0487. The van der Waals surface area contributed by atoms with Gasteiger partial charge in [-0.1, -0.05) is 73.4 Å². The van der Waals surface area contributed by atoms with Gasteiger partial charge in [0, 0.05) is 13.1 Å². The number of alkyl halides is 2. The molecule has 3 aromatic carbocycles. The second-order valence-electron chi connectivity index (χ2n) is 9.02. The van der Waals surface area contributed by atoms with Gasteiger partial charge in [-0.2, -0.15) is 8.78 Å². The van der Waals surface area contributed by atoms with Gasteiger partial charge in [-0.25, -0.2) is 0 Å². The third-order valence-electron chi connectivity index (χ3n) is 6.63. The summed E-state index contributed by atoms with van der Waals surface area (Å²) in [6.45, 7) is 5.11. The monoisotopic (exact) mass is 578 g/mol. The Labute approximate surface area is 235 Å². The third-order valence-corrected chi connectivity index (χ3v) is 8.75. The predicted molar refractivity (Wildman–Crippen MR) is 154 cm³/mol. The van der Waals surface area contributed by atoms with Crippen molar-refractivity contribution in [2.45, 2.75) is 39.8 Å². The van der Waals surface area contributed by atoms with Gasteiger partial charge in [0.2, 0.25) is 0 Å². The minimum absolute atomic E-state index is 0.0832. The van der Waals surface area contributed by atoms with Gasteiger partial charge in [0.05, 0.1) is 20.1 Å². The number of thiophene rings is 1. The normalized spacial score (nSPS) is 11.7. The molecule has 0 atom stereocenters. The van der Waals surface area contributed by atoms with Crippen molar-refractivity contribution in [3.63, 3.8) is 0 Å². The molecule has 0 aliphatic heterocycles. The Bertz CT molecular complexity index is 1410. The van der Waals surface area contributed by atoms with Gasteiger partial charge in [0.25, 0.3) is 5.91 Å². The number of carbonyl (C=O) groups excluding carboxylic acids is 1. The molecule has 0 N–H and O–H groups in total. The number of hydrogen-bond acceptors (Lipinski definition) is 4. The van der Waals surface area contributed by atoms with Crippen LogP contribution in [0.15, 0.2) is 54.6 Å². The molecule has 38 heavy (non-hydrogen) atoms. The predicted octanol–water partition coefficient (Wildman–Crippen LogP) is 8.73. The highest BCUT2D eigenvalue weighted by Crippen LogP contribution is 2.45. The van der Waals surface area contributed by atoms with Crippen molar-refractivity contribution in [2.75, 3.05) is 26.2 Å². The van der Waals surface area contributed by atoms with E-state index in [1.165, 1.54) is 12.1 Å². The summed E-state index contributed by atoms with van der Waals surface area (Å²) in [5, 5.41) is 2.87. The van der Waals surface area contributed by atoms with Crippen LogP contribution < -0.4 is 4.74 Å². The Morgan fingerprint density at radius 2 is 1.68 bits per heavy atom. The SMILES string of the molecule is CCN(CC)CCCCN(Cc1ccc2ccccc2c1)C(=O)c1sc2c(Cl)ccc(OC(F)F)c2c1Cl. The van der Waals surface area contributed by atoms with Crippen molar-refractivity contribution >= 4 is 61.3 Å². The molecule has 4 nitrogen and oxygen atoms in total. The molecule has 202 valence electrons. The van der Waals surface area contributed by atoms with Gasteiger partial charge in [-0.3, -0.25) is 4.79 Å². The van der Waals surface area contributed by atoms with Crippen molar-refractivity contribution in [3.8, 4) is 5.75 Å². The molecule has 0 aliphatic rings. The fourth-order valence-electron chi connectivity index (χ4n) is 4.57. The van der Waals surface area contributed by atoms with E-state index in [-0.39, 0.29) is 26.9 Å². The van der Waals surface area contributed by atoms with E-state index in [2.05, 4.69) is 35.6 Å². The fourth-order valence-corrected chi connectivity index (χ4v) is 6.37. The number of rotatable bonds is 12. The third kappa shape index (κ3) is 6.57. The number of ether oxygens (including phenoxy) is 1. The molecule has 9 heteroatoms. The number of nitrogens with zero attached hydrogens (tertiary/aromatic N) is 2. The second kappa shape index (κ2) is 13.1. The average molecular weight is 580 g/mol. The van der Waals surface area contributed by atoms with Crippen LogP contribution in [-0.4, -0.2) is 48.5 Å². The Morgan fingerprint density at radius 1 is 0.974 bits per heavy atom. The van der Waals surface area contributed by atoms with Gasteiger partial charge in [0.15, 0.2) is 0 Å².